The van der Waals surface area contributed by atoms with Crippen LogP contribution in [0.2, 0.25) is 0 Å². The monoisotopic (exact) mass is 305 g/mol. The lowest BCUT2D eigenvalue weighted by molar-refractivity contribution is -0.126. The van der Waals surface area contributed by atoms with Crippen molar-refractivity contribution in [2.45, 2.75) is 45.3 Å². The van der Waals surface area contributed by atoms with Crippen LogP contribution in [0.4, 0.5) is 4.79 Å². The van der Waals surface area contributed by atoms with Crippen LogP contribution in [0.25, 0.3) is 0 Å². The third-order valence-corrected chi connectivity index (χ3v) is 4.90. The van der Waals surface area contributed by atoms with Gasteiger partial charge in [-0.1, -0.05) is 0 Å². The first kappa shape index (κ1) is 15.0. The van der Waals surface area contributed by atoms with E-state index >= 15 is 0 Å². The number of imide groups is 1. The van der Waals surface area contributed by atoms with Crippen LogP contribution < -0.4 is 10.6 Å². The quantitative estimate of drug-likeness (QED) is 0.803. The fourth-order valence-corrected chi connectivity index (χ4v) is 3.49. The summed E-state index contributed by atoms with van der Waals surface area (Å²) in [6.45, 7) is 7.41. The van der Waals surface area contributed by atoms with E-state index in [4.69, 9.17) is 0 Å². The maximum absolute atomic E-state index is 12.1. The molecule has 1 aromatic heterocycles. The zero-order chi connectivity index (χ0) is 15.7. The van der Waals surface area contributed by atoms with Crippen molar-refractivity contribution < 1.29 is 9.59 Å². The lowest BCUT2D eigenvalue weighted by atomic mass is 9.80. The minimum Gasteiger partial charge on any atom is -0.334 e. The molecule has 0 bridgehead atoms. The van der Waals surface area contributed by atoms with Gasteiger partial charge in [0.25, 0.3) is 5.91 Å². The van der Waals surface area contributed by atoms with Gasteiger partial charge in [0.2, 0.25) is 0 Å². The Morgan fingerprint density at radius 3 is 2.95 bits per heavy atom. The number of amides is 3. The molecule has 7 heteroatoms. The van der Waals surface area contributed by atoms with Crippen molar-refractivity contribution in [3.8, 4) is 0 Å². The number of urea groups is 1. The maximum Gasteiger partial charge on any atom is 0.322 e. The molecule has 2 fully saturated rings. The van der Waals surface area contributed by atoms with E-state index in [2.05, 4.69) is 32.0 Å². The molecular weight excluding hydrogens is 282 g/mol. The van der Waals surface area contributed by atoms with Gasteiger partial charge in [0.1, 0.15) is 11.4 Å². The average Bonchev–Trinajstić information content (AvgIpc) is 3.04. The number of imidazole rings is 1. The number of hydrogen-bond donors (Lipinski definition) is 2. The van der Waals surface area contributed by atoms with Crippen LogP contribution in [0, 0.1) is 5.92 Å². The Kier molecular flexibility index (Phi) is 3.90. The van der Waals surface area contributed by atoms with Gasteiger partial charge in [-0.15, -0.1) is 0 Å². The number of carbonyl (C=O) groups is 2. The number of aromatic nitrogens is 2. The van der Waals surface area contributed by atoms with E-state index in [0.717, 1.165) is 44.8 Å². The predicted molar refractivity (Wildman–Crippen MR) is 81.0 cm³/mol. The number of carbonyl (C=O) groups excluding carboxylic acids is 2. The number of piperidine rings is 1. The van der Waals surface area contributed by atoms with Crippen LogP contribution in [0.15, 0.2) is 12.4 Å². The molecule has 3 amide bonds. The van der Waals surface area contributed by atoms with E-state index in [-0.39, 0.29) is 17.9 Å². The molecule has 3 rings (SSSR count). The van der Waals surface area contributed by atoms with Gasteiger partial charge in [-0.25, -0.2) is 9.78 Å². The molecule has 3 heterocycles. The molecule has 0 spiro atoms. The van der Waals surface area contributed by atoms with Gasteiger partial charge in [0, 0.05) is 31.4 Å². The molecule has 7 nitrogen and oxygen atoms in total. The molecule has 2 N–H and O–H groups in total. The van der Waals surface area contributed by atoms with Gasteiger partial charge in [-0.2, -0.15) is 0 Å². The highest BCUT2D eigenvalue weighted by Crippen LogP contribution is 2.30. The molecule has 1 aromatic rings. The van der Waals surface area contributed by atoms with Crippen LogP contribution >= 0.6 is 0 Å². The van der Waals surface area contributed by atoms with Gasteiger partial charge in [-0.3, -0.25) is 15.0 Å². The first-order chi connectivity index (χ1) is 10.5. The van der Waals surface area contributed by atoms with Crippen LogP contribution in [0.5, 0.6) is 0 Å². The minimum absolute atomic E-state index is 0.123. The second kappa shape index (κ2) is 5.72. The smallest absolute Gasteiger partial charge is 0.322 e. The van der Waals surface area contributed by atoms with Crippen molar-refractivity contribution in [3.63, 3.8) is 0 Å². The third kappa shape index (κ3) is 2.61. The Morgan fingerprint density at radius 1 is 1.45 bits per heavy atom. The second-order valence-corrected chi connectivity index (χ2v) is 6.31. The molecule has 0 radical (unpaired) electrons. The topological polar surface area (TPSA) is 79.3 Å². The first-order valence-electron chi connectivity index (χ1n) is 7.89. The van der Waals surface area contributed by atoms with Gasteiger partial charge < -0.3 is 9.88 Å². The summed E-state index contributed by atoms with van der Waals surface area (Å²) < 4.78 is 2.13. The Hall–Kier alpha value is -1.89. The zero-order valence-electron chi connectivity index (χ0n) is 13.1. The van der Waals surface area contributed by atoms with Crippen molar-refractivity contribution in [1.29, 1.82) is 0 Å². The van der Waals surface area contributed by atoms with Crippen molar-refractivity contribution in [1.82, 2.24) is 25.1 Å². The standard InChI is InChI=1S/C15H23N5O2/c1-3-20-8-6-16-12(20)10-19-7-4-5-11(9-19)15(2)13(21)17-14(22)18-15/h6,8,11H,3-5,7,9-10H2,1-2H3,(H2,17,18,21,22). The fourth-order valence-electron chi connectivity index (χ4n) is 3.49. The highest BCUT2D eigenvalue weighted by Gasteiger charge is 2.48. The highest BCUT2D eigenvalue weighted by atomic mass is 16.2. The lowest BCUT2D eigenvalue weighted by Crippen LogP contribution is -2.55. The molecule has 2 aliphatic heterocycles. The normalized spacial score (nSPS) is 29.5. The number of rotatable bonds is 4. The van der Waals surface area contributed by atoms with Crippen LogP contribution in [0.1, 0.15) is 32.5 Å². The maximum atomic E-state index is 12.1. The molecule has 2 unspecified atom stereocenters. The summed E-state index contributed by atoms with van der Waals surface area (Å²) in [6.07, 6.45) is 5.79. The number of hydrogen-bond acceptors (Lipinski definition) is 4. The van der Waals surface area contributed by atoms with Crippen molar-refractivity contribution in [2.24, 2.45) is 5.92 Å². The van der Waals surface area contributed by atoms with Crippen molar-refractivity contribution in [2.75, 3.05) is 13.1 Å². The molecule has 0 aromatic carbocycles. The Morgan fingerprint density at radius 2 is 2.27 bits per heavy atom. The first-order valence-corrected chi connectivity index (χ1v) is 7.89. The molecule has 22 heavy (non-hydrogen) atoms. The molecule has 0 saturated carbocycles. The molecular formula is C15H23N5O2. The van der Waals surface area contributed by atoms with Gasteiger partial charge in [-0.05, 0) is 33.2 Å². The van der Waals surface area contributed by atoms with Crippen LogP contribution in [-0.2, 0) is 17.9 Å². The third-order valence-electron chi connectivity index (χ3n) is 4.90. The number of likely N-dealkylation sites (tertiary alicyclic amines) is 1. The van der Waals surface area contributed by atoms with Crippen LogP contribution in [-0.4, -0.2) is 45.0 Å². The van der Waals surface area contributed by atoms with E-state index in [1.54, 1.807) is 0 Å². The fraction of sp³-hybridized carbons (Fsp3) is 0.667. The Labute approximate surface area is 130 Å². The lowest BCUT2D eigenvalue weighted by Gasteiger charge is -2.39. The summed E-state index contributed by atoms with van der Waals surface area (Å²) in [5.41, 5.74) is -0.796. The Bertz CT molecular complexity index is 584. The molecule has 120 valence electrons. The SMILES string of the molecule is CCn1ccnc1CN1CCCC(C2(C)NC(=O)NC2=O)C1. The number of nitrogens with zero attached hydrogens (tertiary/aromatic N) is 3. The summed E-state index contributed by atoms with van der Waals surface area (Å²) in [6, 6.07) is -0.383. The van der Waals surface area contributed by atoms with E-state index in [1.165, 1.54) is 0 Å². The minimum atomic E-state index is -0.796. The Balaban J connectivity index is 1.69. The zero-order valence-corrected chi connectivity index (χ0v) is 13.1. The van der Waals surface area contributed by atoms with E-state index in [0.29, 0.717) is 0 Å². The summed E-state index contributed by atoms with van der Waals surface area (Å²) >= 11 is 0. The molecule has 2 aliphatic rings. The predicted octanol–water partition coefficient (Wildman–Crippen LogP) is 0.713. The molecule has 2 saturated heterocycles. The highest BCUT2D eigenvalue weighted by molar-refractivity contribution is 6.06. The van der Waals surface area contributed by atoms with Gasteiger partial charge >= 0.3 is 6.03 Å². The van der Waals surface area contributed by atoms with Crippen molar-refractivity contribution in [3.05, 3.63) is 18.2 Å². The molecule has 2 atom stereocenters. The summed E-state index contributed by atoms with van der Waals surface area (Å²) in [7, 11) is 0. The summed E-state index contributed by atoms with van der Waals surface area (Å²) in [5, 5.41) is 5.16. The number of aryl methyl sites for hydroxylation is 1. The summed E-state index contributed by atoms with van der Waals surface area (Å²) in [5.74, 6) is 0.963. The largest absolute Gasteiger partial charge is 0.334 e. The molecule has 0 aliphatic carbocycles. The average molecular weight is 305 g/mol. The van der Waals surface area contributed by atoms with Gasteiger partial charge in [0.05, 0.1) is 6.54 Å². The number of nitrogens with one attached hydrogen (secondary N) is 2. The summed E-state index contributed by atoms with van der Waals surface area (Å²) in [4.78, 5) is 30.3. The van der Waals surface area contributed by atoms with Crippen molar-refractivity contribution >= 4 is 11.9 Å². The second-order valence-electron chi connectivity index (χ2n) is 6.31. The van der Waals surface area contributed by atoms with E-state index in [1.807, 2.05) is 19.3 Å². The van der Waals surface area contributed by atoms with E-state index < -0.39 is 5.54 Å². The van der Waals surface area contributed by atoms with Gasteiger partial charge in [0.15, 0.2) is 0 Å². The van der Waals surface area contributed by atoms with E-state index in [9.17, 15) is 9.59 Å². The van der Waals surface area contributed by atoms with Crippen LogP contribution in [0.3, 0.4) is 0 Å².